The number of rotatable bonds is 5. The SMILES string of the molecule is COc1cc(NC(=O)C[C@H]2Cn3nc(C)nc3NC2=O)cc(OC)c1. The Kier molecular flexibility index (Phi) is 4.55. The topological polar surface area (TPSA) is 107 Å². The molecule has 0 aliphatic carbocycles. The zero-order valence-electron chi connectivity index (χ0n) is 14.2. The van der Waals surface area contributed by atoms with E-state index in [1.807, 2.05) is 0 Å². The summed E-state index contributed by atoms with van der Waals surface area (Å²) in [6, 6.07) is 5.07. The predicted molar refractivity (Wildman–Crippen MR) is 89.7 cm³/mol. The Morgan fingerprint density at radius 2 is 2.00 bits per heavy atom. The molecule has 132 valence electrons. The molecule has 25 heavy (non-hydrogen) atoms. The van der Waals surface area contributed by atoms with Crippen molar-refractivity contribution in [1.29, 1.82) is 0 Å². The lowest BCUT2D eigenvalue weighted by atomic mass is 10.0. The van der Waals surface area contributed by atoms with Gasteiger partial charge in [-0.25, -0.2) is 4.68 Å². The molecule has 1 aliphatic heterocycles. The zero-order valence-corrected chi connectivity index (χ0v) is 14.2. The highest BCUT2D eigenvalue weighted by atomic mass is 16.5. The number of ether oxygens (including phenoxy) is 2. The number of methoxy groups -OCH3 is 2. The lowest BCUT2D eigenvalue weighted by Crippen LogP contribution is -2.36. The molecule has 0 unspecified atom stereocenters. The van der Waals surface area contributed by atoms with Crippen LogP contribution >= 0.6 is 0 Å². The number of aryl methyl sites for hydroxylation is 1. The molecule has 2 heterocycles. The van der Waals surface area contributed by atoms with Crippen LogP contribution in [0.15, 0.2) is 18.2 Å². The molecule has 0 radical (unpaired) electrons. The summed E-state index contributed by atoms with van der Waals surface area (Å²) in [5.74, 6) is 1.08. The Morgan fingerprint density at radius 1 is 1.32 bits per heavy atom. The summed E-state index contributed by atoms with van der Waals surface area (Å²) in [4.78, 5) is 28.6. The van der Waals surface area contributed by atoms with Crippen molar-refractivity contribution >= 4 is 23.5 Å². The molecule has 0 bridgehead atoms. The molecule has 0 fully saturated rings. The number of amides is 2. The maximum absolute atomic E-state index is 12.3. The van der Waals surface area contributed by atoms with E-state index in [0.29, 0.717) is 35.5 Å². The minimum Gasteiger partial charge on any atom is -0.497 e. The van der Waals surface area contributed by atoms with Gasteiger partial charge >= 0.3 is 0 Å². The van der Waals surface area contributed by atoms with Crippen molar-refractivity contribution in [2.45, 2.75) is 19.9 Å². The third-order valence-corrected chi connectivity index (χ3v) is 3.84. The normalized spacial score (nSPS) is 16.0. The standard InChI is InChI=1S/C16H19N5O4/c1-9-17-16-19-15(23)10(8-21(16)20-9)4-14(22)18-11-5-12(24-2)7-13(6-11)25-3/h5-7,10H,4,8H2,1-3H3,(H,18,22)(H,17,19,20,23)/t10-/m0/s1. The van der Waals surface area contributed by atoms with Crippen LogP contribution in [0.2, 0.25) is 0 Å². The van der Waals surface area contributed by atoms with E-state index >= 15 is 0 Å². The van der Waals surface area contributed by atoms with Crippen LogP contribution in [0.3, 0.4) is 0 Å². The van der Waals surface area contributed by atoms with Gasteiger partial charge in [-0.05, 0) is 6.92 Å². The summed E-state index contributed by atoms with van der Waals surface area (Å²) in [6.07, 6.45) is 0.0315. The molecule has 1 aliphatic rings. The van der Waals surface area contributed by atoms with E-state index in [1.165, 1.54) is 14.2 Å². The second kappa shape index (κ2) is 6.80. The molecule has 9 heteroatoms. The van der Waals surface area contributed by atoms with Gasteiger partial charge in [0.25, 0.3) is 0 Å². The number of aromatic nitrogens is 3. The quantitative estimate of drug-likeness (QED) is 0.843. The number of hydrogen-bond donors (Lipinski definition) is 2. The molecule has 2 amide bonds. The summed E-state index contributed by atoms with van der Waals surface area (Å²) in [7, 11) is 3.06. The predicted octanol–water partition coefficient (Wildman–Crippen LogP) is 1.20. The third-order valence-electron chi connectivity index (χ3n) is 3.84. The highest BCUT2D eigenvalue weighted by Crippen LogP contribution is 2.26. The largest absolute Gasteiger partial charge is 0.497 e. The van der Waals surface area contributed by atoms with Crippen LogP contribution in [0.5, 0.6) is 11.5 Å². The second-order valence-corrected chi connectivity index (χ2v) is 5.70. The lowest BCUT2D eigenvalue weighted by Gasteiger charge is -2.21. The molecule has 9 nitrogen and oxygen atoms in total. The Hall–Kier alpha value is -3.10. The number of nitrogens with zero attached hydrogens (tertiary/aromatic N) is 3. The molecule has 2 aromatic rings. The number of fused-ring (bicyclic) bond motifs is 1. The zero-order chi connectivity index (χ0) is 18.0. The van der Waals surface area contributed by atoms with E-state index in [4.69, 9.17) is 9.47 Å². The van der Waals surface area contributed by atoms with Crippen LogP contribution < -0.4 is 20.1 Å². The van der Waals surface area contributed by atoms with Crippen LogP contribution in [-0.4, -0.2) is 40.8 Å². The van der Waals surface area contributed by atoms with Crippen molar-refractivity contribution in [2.75, 3.05) is 24.9 Å². The van der Waals surface area contributed by atoms with Crippen LogP contribution in [0.1, 0.15) is 12.2 Å². The van der Waals surface area contributed by atoms with Gasteiger partial charge in [0, 0.05) is 30.3 Å². The van der Waals surface area contributed by atoms with Gasteiger partial charge < -0.3 is 14.8 Å². The summed E-state index contributed by atoms with van der Waals surface area (Å²) in [6.45, 7) is 2.06. The van der Waals surface area contributed by atoms with Gasteiger partial charge in [-0.1, -0.05) is 0 Å². The Bertz CT molecular complexity index is 795. The summed E-state index contributed by atoms with van der Waals surface area (Å²) in [5.41, 5.74) is 0.537. The molecule has 2 N–H and O–H groups in total. The third kappa shape index (κ3) is 3.70. The van der Waals surface area contributed by atoms with Gasteiger partial charge in [-0.3, -0.25) is 14.9 Å². The van der Waals surface area contributed by atoms with Gasteiger partial charge in [0.15, 0.2) is 0 Å². The first-order valence-electron chi connectivity index (χ1n) is 7.73. The highest BCUT2D eigenvalue weighted by molar-refractivity contribution is 5.98. The van der Waals surface area contributed by atoms with Crippen LogP contribution in [0, 0.1) is 12.8 Å². The summed E-state index contributed by atoms with van der Waals surface area (Å²) < 4.78 is 11.9. The van der Waals surface area contributed by atoms with Crippen molar-refractivity contribution in [2.24, 2.45) is 5.92 Å². The number of anilines is 2. The maximum atomic E-state index is 12.3. The molecule has 0 saturated heterocycles. The minimum absolute atomic E-state index is 0.0315. The first-order valence-corrected chi connectivity index (χ1v) is 7.73. The Labute approximate surface area is 144 Å². The van der Waals surface area contributed by atoms with Crippen molar-refractivity contribution in [3.63, 3.8) is 0 Å². The molecule has 3 rings (SSSR count). The number of nitrogens with one attached hydrogen (secondary N) is 2. The molecule has 0 saturated carbocycles. The number of carbonyl (C=O) groups is 2. The van der Waals surface area contributed by atoms with Crippen molar-refractivity contribution in [3.05, 3.63) is 24.0 Å². The smallest absolute Gasteiger partial charge is 0.232 e. The van der Waals surface area contributed by atoms with Crippen molar-refractivity contribution in [3.8, 4) is 11.5 Å². The van der Waals surface area contributed by atoms with Gasteiger partial charge in [0.05, 0.1) is 26.7 Å². The number of hydrogen-bond acceptors (Lipinski definition) is 6. The van der Waals surface area contributed by atoms with Gasteiger partial charge in [0.1, 0.15) is 17.3 Å². The summed E-state index contributed by atoms with van der Waals surface area (Å²) in [5, 5.41) is 9.63. The minimum atomic E-state index is -0.513. The second-order valence-electron chi connectivity index (χ2n) is 5.70. The monoisotopic (exact) mass is 345 g/mol. The van der Waals surface area contributed by atoms with E-state index in [0.717, 1.165) is 0 Å². The molecule has 0 spiro atoms. The van der Waals surface area contributed by atoms with Gasteiger partial charge in [0.2, 0.25) is 17.8 Å². The first-order chi connectivity index (χ1) is 12.0. The average Bonchev–Trinajstić information content (AvgIpc) is 2.93. The van der Waals surface area contributed by atoms with E-state index in [1.54, 1.807) is 29.8 Å². The molecular weight excluding hydrogens is 326 g/mol. The highest BCUT2D eigenvalue weighted by Gasteiger charge is 2.30. The van der Waals surface area contributed by atoms with Crippen LogP contribution in [-0.2, 0) is 16.1 Å². The fraction of sp³-hybridized carbons (Fsp3) is 0.375. The van der Waals surface area contributed by atoms with E-state index < -0.39 is 5.92 Å². The van der Waals surface area contributed by atoms with Crippen molar-refractivity contribution < 1.29 is 19.1 Å². The van der Waals surface area contributed by atoms with E-state index in [-0.39, 0.29) is 18.2 Å². The average molecular weight is 345 g/mol. The van der Waals surface area contributed by atoms with Gasteiger partial charge in [-0.15, -0.1) is 0 Å². The van der Waals surface area contributed by atoms with Gasteiger partial charge in [-0.2, -0.15) is 10.1 Å². The Balaban J connectivity index is 1.68. The first kappa shape index (κ1) is 16.7. The fourth-order valence-electron chi connectivity index (χ4n) is 2.65. The molecule has 1 atom stereocenters. The van der Waals surface area contributed by atoms with Crippen LogP contribution in [0.25, 0.3) is 0 Å². The van der Waals surface area contributed by atoms with Crippen molar-refractivity contribution in [1.82, 2.24) is 14.8 Å². The fourth-order valence-corrected chi connectivity index (χ4v) is 2.65. The van der Waals surface area contributed by atoms with E-state index in [2.05, 4.69) is 20.7 Å². The summed E-state index contributed by atoms with van der Waals surface area (Å²) >= 11 is 0. The number of benzene rings is 1. The Morgan fingerprint density at radius 3 is 2.64 bits per heavy atom. The van der Waals surface area contributed by atoms with E-state index in [9.17, 15) is 9.59 Å². The molecular formula is C16H19N5O4. The molecule has 1 aromatic heterocycles. The molecule has 1 aromatic carbocycles. The maximum Gasteiger partial charge on any atom is 0.232 e. The van der Waals surface area contributed by atoms with Crippen LogP contribution in [0.4, 0.5) is 11.6 Å². The number of carbonyl (C=O) groups excluding carboxylic acids is 2. The lowest BCUT2D eigenvalue weighted by molar-refractivity contribution is -0.125.